The van der Waals surface area contributed by atoms with Gasteiger partial charge < -0.3 is 42.6 Å². The highest BCUT2D eigenvalue weighted by Gasteiger charge is 2.31. The number of aliphatic carboxylic acids is 1. The largest absolute Gasteiger partial charge is 0.480 e. The van der Waals surface area contributed by atoms with Crippen molar-refractivity contribution in [3.05, 3.63) is 36.0 Å². The predicted molar refractivity (Wildman–Crippen MR) is 134 cm³/mol. The highest BCUT2D eigenvalue weighted by atomic mass is 16.4. The molecule has 0 aliphatic heterocycles. The number of carboxylic acids is 1. The van der Waals surface area contributed by atoms with Gasteiger partial charge in [0.25, 0.3) is 0 Å². The van der Waals surface area contributed by atoms with E-state index in [1.807, 2.05) is 24.3 Å². The molecule has 0 fully saturated rings. The van der Waals surface area contributed by atoms with Gasteiger partial charge in [-0.2, -0.15) is 0 Å². The number of aliphatic hydroxyl groups is 1. The molecule has 13 nitrogen and oxygen atoms in total. The third kappa shape index (κ3) is 8.29. The second-order valence-electron chi connectivity index (χ2n) is 9.05. The molecule has 0 saturated heterocycles. The van der Waals surface area contributed by atoms with Gasteiger partial charge >= 0.3 is 5.97 Å². The number of nitrogens with two attached hydrogens (primary N) is 2. The Labute approximate surface area is 213 Å². The molecule has 0 spiro atoms. The minimum Gasteiger partial charge on any atom is -0.480 e. The van der Waals surface area contributed by atoms with Crippen LogP contribution in [-0.4, -0.2) is 75.6 Å². The maximum atomic E-state index is 12.8. The fraction of sp³-hybridized carbons (Fsp3) is 0.458. The molecule has 4 atom stereocenters. The quantitative estimate of drug-likeness (QED) is 0.146. The van der Waals surface area contributed by atoms with E-state index in [4.69, 9.17) is 11.5 Å². The van der Waals surface area contributed by atoms with Crippen LogP contribution in [0.15, 0.2) is 30.5 Å². The van der Waals surface area contributed by atoms with Gasteiger partial charge in [-0.15, -0.1) is 0 Å². The monoisotopic (exact) mass is 518 g/mol. The highest BCUT2D eigenvalue weighted by Crippen LogP contribution is 2.18. The Hall–Kier alpha value is -3.97. The molecule has 13 heteroatoms. The number of carbonyl (C=O) groups excluding carboxylic acids is 4. The molecule has 10 N–H and O–H groups in total. The van der Waals surface area contributed by atoms with E-state index in [0.717, 1.165) is 16.5 Å². The lowest BCUT2D eigenvalue weighted by atomic mass is 10.0. The Bertz CT molecular complexity index is 1130. The van der Waals surface area contributed by atoms with Crippen molar-refractivity contribution in [1.29, 1.82) is 0 Å². The molecule has 0 aliphatic carbocycles. The molecule has 4 amide bonds. The zero-order valence-corrected chi connectivity index (χ0v) is 20.7. The van der Waals surface area contributed by atoms with Gasteiger partial charge in [-0.25, -0.2) is 4.79 Å². The van der Waals surface area contributed by atoms with Gasteiger partial charge in [0.05, 0.1) is 12.6 Å². The van der Waals surface area contributed by atoms with Crippen LogP contribution in [0.4, 0.5) is 0 Å². The van der Waals surface area contributed by atoms with Crippen molar-refractivity contribution in [2.24, 2.45) is 17.4 Å². The van der Waals surface area contributed by atoms with E-state index in [9.17, 15) is 34.2 Å². The lowest BCUT2D eigenvalue weighted by Crippen LogP contribution is -2.58. The number of benzene rings is 1. The summed E-state index contributed by atoms with van der Waals surface area (Å²) >= 11 is 0. The topological polar surface area (TPSA) is 230 Å². The van der Waals surface area contributed by atoms with E-state index in [1.165, 1.54) is 0 Å². The van der Waals surface area contributed by atoms with Crippen LogP contribution in [0.2, 0.25) is 0 Å². The lowest BCUT2D eigenvalue weighted by Gasteiger charge is -2.25. The number of aliphatic hydroxyl groups excluding tert-OH is 1. The SMILES string of the molecule is CC(C)C(NC(=O)C(CCC(N)=O)NC(=O)C(CO)NC(=O)C(N)Cc1c[nH]c2ccccc12)C(=O)O. The van der Waals surface area contributed by atoms with Crippen LogP contribution in [0.1, 0.15) is 32.3 Å². The standard InChI is InChI=1S/C24H34N6O7/c1-12(2)20(24(36)37)30-22(34)17(7-8-19(26)32)28-23(35)18(11-31)29-21(33)15(25)9-13-10-27-16-6-4-3-5-14(13)16/h3-6,10,12,15,17-18,20,27,31H,7-9,11,25H2,1-2H3,(H2,26,32)(H,28,35)(H,29,33)(H,30,34)(H,36,37). The van der Waals surface area contributed by atoms with Crippen molar-refractivity contribution in [2.45, 2.75) is 57.3 Å². The van der Waals surface area contributed by atoms with Crippen LogP contribution in [0.25, 0.3) is 10.9 Å². The predicted octanol–water partition coefficient (Wildman–Crippen LogP) is -1.51. The smallest absolute Gasteiger partial charge is 0.326 e. The number of H-pyrrole nitrogens is 1. The van der Waals surface area contributed by atoms with E-state index >= 15 is 0 Å². The van der Waals surface area contributed by atoms with E-state index in [1.54, 1.807) is 20.0 Å². The van der Waals surface area contributed by atoms with Crippen molar-refractivity contribution >= 4 is 40.5 Å². The van der Waals surface area contributed by atoms with Crippen molar-refractivity contribution in [1.82, 2.24) is 20.9 Å². The molecule has 0 saturated carbocycles. The van der Waals surface area contributed by atoms with Crippen LogP contribution < -0.4 is 27.4 Å². The van der Waals surface area contributed by atoms with Gasteiger partial charge in [-0.05, 0) is 30.4 Å². The van der Waals surface area contributed by atoms with E-state index in [0.29, 0.717) is 0 Å². The second-order valence-corrected chi connectivity index (χ2v) is 9.05. The Morgan fingerprint density at radius 3 is 2.19 bits per heavy atom. The summed E-state index contributed by atoms with van der Waals surface area (Å²) in [5, 5.41) is 27.0. The zero-order chi connectivity index (χ0) is 27.7. The number of aromatic amines is 1. The molecule has 4 unspecified atom stereocenters. The third-order valence-electron chi connectivity index (χ3n) is 5.81. The van der Waals surface area contributed by atoms with Crippen LogP contribution in [-0.2, 0) is 30.4 Å². The Kier molecular flexibility index (Phi) is 10.6. The first-order chi connectivity index (χ1) is 17.4. The number of hydrogen-bond acceptors (Lipinski definition) is 7. The molecule has 1 aromatic carbocycles. The zero-order valence-electron chi connectivity index (χ0n) is 20.7. The van der Waals surface area contributed by atoms with E-state index in [-0.39, 0.29) is 19.3 Å². The van der Waals surface area contributed by atoms with Gasteiger partial charge in [0, 0.05) is 23.5 Å². The molecule has 202 valence electrons. The summed E-state index contributed by atoms with van der Waals surface area (Å²) in [6.07, 6.45) is 1.40. The molecular weight excluding hydrogens is 484 g/mol. The average Bonchev–Trinajstić information content (AvgIpc) is 3.25. The molecule has 0 aliphatic rings. The summed E-state index contributed by atoms with van der Waals surface area (Å²) in [5.74, 6) is -4.94. The number of primary amides is 1. The third-order valence-corrected chi connectivity index (χ3v) is 5.81. The van der Waals surface area contributed by atoms with Gasteiger partial charge in [0.1, 0.15) is 18.1 Å². The van der Waals surface area contributed by atoms with Gasteiger partial charge in [-0.1, -0.05) is 32.0 Å². The van der Waals surface area contributed by atoms with E-state index in [2.05, 4.69) is 20.9 Å². The summed E-state index contributed by atoms with van der Waals surface area (Å²) in [7, 11) is 0. The van der Waals surface area contributed by atoms with Crippen molar-refractivity contribution in [2.75, 3.05) is 6.61 Å². The van der Waals surface area contributed by atoms with Crippen LogP contribution in [0.3, 0.4) is 0 Å². The van der Waals surface area contributed by atoms with Gasteiger partial charge in [0.15, 0.2) is 0 Å². The fourth-order valence-corrected chi connectivity index (χ4v) is 3.70. The summed E-state index contributed by atoms with van der Waals surface area (Å²) < 4.78 is 0. The lowest BCUT2D eigenvalue weighted by molar-refractivity contribution is -0.143. The molecular formula is C24H34N6O7. The number of fused-ring (bicyclic) bond motifs is 1. The normalized spacial score (nSPS) is 14.4. The van der Waals surface area contributed by atoms with Crippen molar-refractivity contribution in [3.8, 4) is 0 Å². The van der Waals surface area contributed by atoms with Crippen molar-refractivity contribution < 1.29 is 34.2 Å². The van der Waals surface area contributed by atoms with Crippen molar-refractivity contribution in [3.63, 3.8) is 0 Å². The number of rotatable bonds is 14. The molecule has 1 heterocycles. The number of carbonyl (C=O) groups is 5. The summed E-state index contributed by atoms with van der Waals surface area (Å²) in [4.78, 5) is 64.0. The molecule has 1 aromatic heterocycles. The first-order valence-electron chi connectivity index (χ1n) is 11.8. The molecule has 0 radical (unpaired) electrons. The number of aromatic nitrogens is 1. The maximum Gasteiger partial charge on any atom is 0.326 e. The maximum absolute atomic E-state index is 12.8. The summed E-state index contributed by atoms with van der Waals surface area (Å²) in [5.41, 5.74) is 12.9. The minimum absolute atomic E-state index is 0.158. The molecule has 2 aromatic rings. The second kappa shape index (κ2) is 13.4. The molecule has 2 rings (SSSR count). The number of para-hydroxylation sites is 1. The first-order valence-corrected chi connectivity index (χ1v) is 11.8. The number of amides is 4. The van der Waals surface area contributed by atoms with Crippen LogP contribution in [0.5, 0.6) is 0 Å². The van der Waals surface area contributed by atoms with Crippen LogP contribution >= 0.6 is 0 Å². The number of nitrogens with one attached hydrogen (secondary N) is 4. The van der Waals surface area contributed by atoms with E-state index < -0.39 is 66.3 Å². The summed E-state index contributed by atoms with van der Waals surface area (Å²) in [6, 6.07) is 2.39. The number of hydrogen-bond donors (Lipinski definition) is 8. The Morgan fingerprint density at radius 1 is 0.973 bits per heavy atom. The van der Waals surface area contributed by atoms with Crippen LogP contribution in [0, 0.1) is 5.92 Å². The minimum atomic E-state index is -1.45. The first kappa shape index (κ1) is 29.3. The molecule has 37 heavy (non-hydrogen) atoms. The average molecular weight is 519 g/mol. The molecule has 0 bridgehead atoms. The highest BCUT2D eigenvalue weighted by molar-refractivity contribution is 5.94. The van der Waals surface area contributed by atoms with Gasteiger partial charge in [0.2, 0.25) is 23.6 Å². The number of carboxylic acid groups (broad SMARTS) is 1. The summed E-state index contributed by atoms with van der Waals surface area (Å²) in [6.45, 7) is 2.38. The fourth-order valence-electron chi connectivity index (χ4n) is 3.70. The Morgan fingerprint density at radius 2 is 1.59 bits per heavy atom. The van der Waals surface area contributed by atoms with Gasteiger partial charge in [-0.3, -0.25) is 19.2 Å². The Balaban J connectivity index is 2.06.